The average molecular weight is 240 g/mol. The zero-order chi connectivity index (χ0) is 11.6. The van der Waals surface area contributed by atoms with Gasteiger partial charge in [0.05, 0.1) is 11.2 Å². The predicted octanol–water partition coefficient (Wildman–Crippen LogP) is 2.97. The molecule has 1 saturated carbocycles. The number of thiazole rings is 1. The van der Waals surface area contributed by atoms with E-state index in [1.165, 1.54) is 12.8 Å². The van der Waals surface area contributed by atoms with Crippen molar-refractivity contribution in [2.75, 3.05) is 6.61 Å². The van der Waals surface area contributed by atoms with Crippen molar-refractivity contribution in [3.05, 3.63) is 16.1 Å². The summed E-state index contributed by atoms with van der Waals surface area (Å²) in [6.45, 7) is 4.78. The lowest BCUT2D eigenvalue weighted by Gasteiger charge is -2.20. The van der Waals surface area contributed by atoms with Gasteiger partial charge in [0.15, 0.2) is 0 Å². The van der Waals surface area contributed by atoms with Crippen LogP contribution in [0.1, 0.15) is 56.3 Å². The third kappa shape index (κ3) is 2.29. The number of aromatic nitrogens is 1. The predicted molar refractivity (Wildman–Crippen MR) is 66.5 cm³/mol. The maximum atomic E-state index is 6.37. The van der Waals surface area contributed by atoms with Gasteiger partial charge < -0.3 is 10.5 Å². The number of hydrogen-bond acceptors (Lipinski definition) is 4. The molecule has 0 bridgehead atoms. The Morgan fingerprint density at radius 2 is 2.25 bits per heavy atom. The van der Waals surface area contributed by atoms with Gasteiger partial charge >= 0.3 is 0 Å². The number of hydrogen-bond donors (Lipinski definition) is 1. The Hall–Kier alpha value is -0.450. The summed E-state index contributed by atoms with van der Waals surface area (Å²) in [5.41, 5.74) is 7.27. The molecule has 1 aliphatic rings. The molecule has 0 radical (unpaired) electrons. The Balaban J connectivity index is 2.12. The molecular weight excluding hydrogens is 220 g/mol. The second-order valence-electron chi connectivity index (χ2n) is 4.53. The molecule has 1 heterocycles. The maximum Gasteiger partial charge on any atom is 0.122 e. The lowest BCUT2D eigenvalue weighted by molar-refractivity contribution is 0.0759. The van der Waals surface area contributed by atoms with Gasteiger partial charge in [-0.1, -0.05) is 12.8 Å². The van der Waals surface area contributed by atoms with Crippen molar-refractivity contribution in [2.24, 2.45) is 5.73 Å². The van der Waals surface area contributed by atoms with Crippen LogP contribution >= 0.6 is 11.3 Å². The van der Waals surface area contributed by atoms with E-state index in [1.807, 2.05) is 13.8 Å². The fourth-order valence-corrected chi connectivity index (χ4v) is 3.22. The van der Waals surface area contributed by atoms with Gasteiger partial charge in [-0.2, -0.15) is 0 Å². The first-order valence-corrected chi connectivity index (χ1v) is 6.90. The van der Waals surface area contributed by atoms with Crippen LogP contribution in [0.2, 0.25) is 0 Å². The molecule has 1 unspecified atom stereocenters. The number of rotatable bonds is 4. The molecular formula is C12H20N2OS. The quantitative estimate of drug-likeness (QED) is 0.880. The van der Waals surface area contributed by atoms with Gasteiger partial charge in [0.25, 0.3) is 0 Å². The standard InChI is InChI=1S/C12H20N2OS/c1-3-15-9(2)11-14-10(8-16-11)12(13)6-4-5-7-12/h8-9H,3-7,13H2,1-2H3. The van der Waals surface area contributed by atoms with Gasteiger partial charge in [-0.25, -0.2) is 4.98 Å². The fourth-order valence-electron chi connectivity index (χ4n) is 2.29. The van der Waals surface area contributed by atoms with Gasteiger partial charge in [-0.15, -0.1) is 11.3 Å². The molecule has 0 spiro atoms. The largest absolute Gasteiger partial charge is 0.372 e. The van der Waals surface area contributed by atoms with Crippen LogP contribution in [0, 0.1) is 0 Å². The van der Waals surface area contributed by atoms with Crippen LogP contribution in [0.3, 0.4) is 0 Å². The van der Waals surface area contributed by atoms with Crippen molar-refractivity contribution in [3.63, 3.8) is 0 Å². The highest BCUT2D eigenvalue weighted by molar-refractivity contribution is 7.09. The van der Waals surface area contributed by atoms with Crippen LogP contribution in [-0.4, -0.2) is 11.6 Å². The van der Waals surface area contributed by atoms with E-state index in [9.17, 15) is 0 Å². The van der Waals surface area contributed by atoms with E-state index in [4.69, 9.17) is 10.5 Å². The molecule has 1 aliphatic carbocycles. The maximum absolute atomic E-state index is 6.37. The third-order valence-corrected chi connectivity index (χ3v) is 4.30. The van der Waals surface area contributed by atoms with Crippen molar-refractivity contribution in [1.29, 1.82) is 0 Å². The monoisotopic (exact) mass is 240 g/mol. The first kappa shape index (κ1) is 12.0. The van der Waals surface area contributed by atoms with Crippen molar-refractivity contribution >= 4 is 11.3 Å². The Kier molecular flexibility index (Phi) is 3.62. The second kappa shape index (κ2) is 4.82. The summed E-state index contributed by atoms with van der Waals surface area (Å²) >= 11 is 1.67. The molecule has 1 aromatic rings. The molecule has 16 heavy (non-hydrogen) atoms. The van der Waals surface area contributed by atoms with Gasteiger partial charge in [-0.3, -0.25) is 0 Å². The van der Waals surface area contributed by atoms with Crippen molar-refractivity contribution < 1.29 is 4.74 Å². The van der Waals surface area contributed by atoms with E-state index in [-0.39, 0.29) is 11.6 Å². The molecule has 1 aromatic heterocycles. The number of nitrogens with zero attached hydrogens (tertiary/aromatic N) is 1. The zero-order valence-electron chi connectivity index (χ0n) is 10.0. The van der Waals surface area contributed by atoms with E-state index < -0.39 is 0 Å². The minimum Gasteiger partial charge on any atom is -0.372 e. The highest BCUT2D eigenvalue weighted by atomic mass is 32.1. The van der Waals surface area contributed by atoms with Crippen LogP contribution in [0.4, 0.5) is 0 Å². The Morgan fingerprint density at radius 1 is 1.56 bits per heavy atom. The summed E-state index contributed by atoms with van der Waals surface area (Å²) in [7, 11) is 0. The molecule has 1 atom stereocenters. The topological polar surface area (TPSA) is 48.1 Å². The Labute approximate surface area is 101 Å². The van der Waals surface area contributed by atoms with Gasteiger partial charge in [0.1, 0.15) is 11.1 Å². The highest BCUT2D eigenvalue weighted by Gasteiger charge is 2.33. The van der Waals surface area contributed by atoms with Crippen molar-refractivity contribution in [1.82, 2.24) is 4.98 Å². The molecule has 0 saturated heterocycles. The molecule has 4 heteroatoms. The number of ether oxygens (including phenoxy) is 1. The van der Waals surface area contributed by atoms with Crippen LogP contribution in [0.15, 0.2) is 5.38 Å². The summed E-state index contributed by atoms with van der Waals surface area (Å²) in [5.74, 6) is 0. The Morgan fingerprint density at radius 3 is 2.88 bits per heavy atom. The normalized spacial score (nSPS) is 21.2. The molecule has 2 rings (SSSR count). The summed E-state index contributed by atoms with van der Waals surface area (Å²) in [6, 6.07) is 0. The fraction of sp³-hybridized carbons (Fsp3) is 0.750. The van der Waals surface area contributed by atoms with Crippen LogP contribution < -0.4 is 5.73 Å². The molecule has 1 fully saturated rings. The SMILES string of the molecule is CCOC(C)c1nc(C2(N)CCCC2)cs1. The van der Waals surface area contributed by atoms with E-state index in [0.29, 0.717) is 0 Å². The molecule has 2 N–H and O–H groups in total. The van der Waals surface area contributed by atoms with Gasteiger partial charge in [0.2, 0.25) is 0 Å². The smallest absolute Gasteiger partial charge is 0.122 e. The highest BCUT2D eigenvalue weighted by Crippen LogP contribution is 2.37. The summed E-state index contributed by atoms with van der Waals surface area (Å²) < 4.78 is 5.54. The molecule has 0 amide bonds. The lowest BCUT2D eigenvalue weighted by Crippen LogP contribution is -2.33. The van der Waals surface area contributed by atoms with Crippen molar-refractivity contribution in [2.45, 2.75) is 51.2 Å². The summed E-state index contributed by atoms with van der Waals surface area (Å²) in [4.78, 5) is 4.65. The molecule has 0 aliphatic heterocycles. The van der Waals surface area contributed by atoms with E-state index in [0.717, 1.165) is 30.2 Å². The lowest BCUT2D eigenvalue weighted by atomic mass is 9.96. The summed E-state index contributed by atoms with van der Waals surface area (Å²) in [5, 5.41) is 3.16. The molecule has 90 valence electrons. The summed E-state index contributed by atoms with van der Waals surface area (Å²) in [6.07, 6.45) is 4.68. The zero-order valence-corrected chi connectivity index (χ0v) is 10.8. The molecule has 0 aromatic carbocycles. The van der Waals surface area contributed by atoms with Crippen LogP contribution in [0.5, 0.6) is 0 Å². The second-order valence-corrected chi connectivity index (χ2v) is 5.42. The first-order chi connectivity index (χ1) is 7.65. The van der Waals surface area contributed by atoms with Crippen LogP contribution in [0.25, 0.3) is 0 Å². The van der Waals surface area contributed by atoms with Gasteiger partial charge in [-0.05, 0) is 26.7 Å². The minimum absolute atomic E-state index is 0.0914. The molecule has 3 nitrogen and oxygen atoms in total. The Bertz CT molecular complexity index is 345. The number of nitrogens with two attached hydrogens (primary N) is 1. The minimum atomic E-state index is -0.166. The third-order valence-electron chi connectivity index (χ3n) is 3.29. The van der Waals surface area contributed by atoms with Crippen LogP contribution in [-0.2, 0) is 10.3 Å². The first-order valence-electron chi connectivity index (χ1n) is 6.02. The van der Waals surface area contributed by atoms with E-state index in [1.54, 1.807) is 11.3 Å². The van der Waals surface area contributed by atoms with E-state index >= 15 is 0 Å². The van der Waals surface area contributed by atoms with Crippen molar-refractivity contribution in [3.8, 4) is 0 Å². The van der Waals surface area contributed by atoms with Gasteiger partial charge in [0, 0.05) is 12.0 Å². The van der Waals surface area contributed by atoms with E-state index in [2.05, 4.69) is 10.4 Å². The average Bonchev–Trinajstić information content (AvgIpc) is 2.86.